The standard InChI is InChI=1S/C17H30N4/c1-13(2)15-11-21(9-7-16-18-8-10-20(16)4)17(3,12-19-15)14-5-6-14/h8,10,13-15,19H,5-7,9,11-12H2,1-4H3. The second-order valence-electron chi connectivity index (χ2n) is 7.51. The van der Waals surface area contributed by atoms with Gasteiger partial charge in [0.25, 0.3) is 0 Å². The zero-order valence-corrected chi connectivity index (χ0v) is 14.0. The van der Waals surface area contributed by atoms with Crippen LogP contribution in [0.15, 0.2) is 12.4 Å². The van der Waals surface area contributed by atoms with E-state index in [9.17, 15) is 0 Å². The van der Waals surface area contributed by atoms with Crippen LogP contribution in [0.25, 0.3) is 0 Å². The molecule has 0 aromatic carbocycles. The normalized spacial score (nSPS) is 31.0. The molecule has 3 rings (SSSR count). The van der Waals surface area contributed by atoms with Crippen molar-refractivity contribution in [1.82, 2.24) is 19.8 Å². The summed E-state index contributed by atoms with van der Waals surface area (Å²) in [5.41, 5.74) is 0.344. The molecule has 1 N–H and O–H groups in total. The molecule has 4 nitrogen and oxygen atoms in total. The van der Waals surface area contributed by atoms with Crippen molar-refractivity contribution >= 4 is 0 Å². The summed E-state index contributed by atoms with van der Waals surface area (Å²) in [6, 6.07) is 0.623. The van der Waals surface area contributed by atoms with Gasteiger partial charge in [-0.15, -0.1) is 0 Å². The minimum Gasteiger partial charge on any atom is -0.338 e. The zero-order valence-electron chi connectivity index (χ0n) is 14.0. The summed E-state index contributed by atoms with van der Waals surface area (Å²) in [4.78, 5) is 7.23. The molecule has 2 aliphatic rings. The number of nitrogens with zero attached hydrogens (tertiary/aromatic N) is 3. The molecule has 0 amide bonds. The first-order valence-electron chi connectivity index (χ1n) is 8.45. The highest BCUT2D eigenvalue weighted by Gasteiger charge is 2.48. The molecule has 1 aliphatic heterocycles. The lowest BCUT2D eigenvalue weighted by atomic mass is 9.87. The predicted molar refractivity (Wildman–Crippen MR) is 86.2 cm³/mol. The van der Waals surface area contributed by atoms with Crippen LogP contribution >= 0.6 is 0 Å². The fourth-order valence-corrected chi connectivity index (χ4v) is 3.73. The SMILES string of the molecule is CC(C)C1CN(CCc2nccn2C)C(C)(C2CC2)CN1. The van der Waals surface area contributed by atoms with E-state index < -0.39 is 0 Å². The summed E-state index contributed by atoms with van der Waals surface area (Å²) in [6.07, 6.45) is 7.82. The highest BCUT2D eigenvalue weighted by atomic mass is 15.3. The van der Waals surface area contributed by atoms with Gasteiger partial charge in [-0.2, -0.15) is 0 Å². The molecule has 1 aromatic heterocycles. The van der Waals surface area contributed by atoms with Crippen LogP contribution in [0.4, 0.5) is 0 Å². The van der Waals surface area contributed by atoms with Gasteiger partial charge >= 0.3 is 0 Å². The van der Waals surface area contributed by atoms with E-state index >= 15 is 0 Å². The number of aromatic nitrogens is 2. The lowest BCUT2D eigenvalue weighted by Gasteiger charge is -2.49. The Hall–Kier alpha value is -0.870. The van der Waals surface area contributed by atoms with Crippen molar-refractivity contribution in [3.63, 3.8) is 0 Å². The van der Waals surface area contributed by atoms with Gasteiger partial charge < -0.3 is 9.88 Å². The van der Waals surface area contributed by atoms with Gasteiger partial charge in [0.05, 0.1) is 0 Å². The summed E-state index contributed by atoms with van der Waals surface area (Å²) in [5, 5.41) is 3.80. The van der Waals surface area contributed by atoms with Crippen LogP contribution in [0.5, 0.6) is 0 Å². The molecule has 2 atom stereocenters. The molecule has 1 saturated carbocycles. The lowest BCUT2D eigenvalue weighted by Crippen LogP contribution is -2.65. The molecule has 2 heterocycles. The summed E-state index contributed by atoms with van der Waals surface area (Å²) >= 11 is 0. The molecule has 0 spiro atoms. The third kappa shape index (κ3) is 3.02. The van der Waals surface area contributed by atoms with E-state index in [-0.39, 0.29) is 0 Å². The average Bonchev–Trinajstić information content (AvgIpc) is 3.22. The van der Waals surface area contributed by atoms with Gasteiger partial charge in [-0.1, -0.05) is 13.8 Å². The van der Waals surface area contributed by atoms with Gasteiger partial charge in [0.1, 0.15) is 5.82 Å². The second kappa shape index (κ2) is 5.73. The number of rotatable bonds is 5. The van der Waals surface area contributed by atoms with Crippen LogP contribution in [-0.4, -0.2) is 45.7 Å². The van der Waals surface area contributed by atoms with Crippen molar-refractivity contribution in [2.24, 2.45) is 18.9 Å². The van der Waals surface area contributed by atoms with Crippen LogP contribution in [0.3, 0.4) is 0 Å². The van der Waals surface area contributed by atoms with Gasteiger partial charge in [-0.05, 0) is 31.6 Å². The van der Waals surface area contributed by atoms with Crippen LogP contribution in [0.2, 0.25) is 0 Å². The first-order chi connectivity index (χ1) is 10.0. The van der Waals surface area contributed by atoms with Crippen molar-refractivity contribution < 1.29 is 0 Å². The maximum atomic E-state index is 4.48. The van der Waals surface area contributed by atoms with E-state index in [4.69, 9.17) is 0 Å². The Morgan fingerprint density at radius 1 is 1.43 bits per heavy atom. The van der Waals surface area contributed by atoms with Gasteiger partial charge in [0.2, 0.25) is 0 Å². The van der Waals surface area contributed by atoms with Crippen molar-refractivity contribution in [3.05, 3.63) is 18.2 Å². The maximum absolute atomic E-state index is 4.48. The fourth-order valence-electron chi connectivity index (χ4n) is 3.73. The number of hydrogen-bond donors (Lipinski definition) is 1. The number of hydrogen-bond acceptors (Lipinski definition) is 3. The minimum atomic E-state index is 0.344. The first kappa shape index (κ1) is 15.0. The molecule has 4 heteroatoms. The van der Waals surface area contributed by atoms with E-state index in [1.54, 1.807) is 0 Å². The van der Waals surface area contributed by atoms with Crippen molar-refractivity contribution in [2.45, 2.75) is 51.6 Å². The van der Waals surface area contributed by atoms with E-state index in [2.05, 4.69) is 47.6 Å². The number of piperazine rings is 1. The molecule has 0 bridgehead atoms. The van der Waals surface area contributed by atoms with Crippen molar-refractivity contribution in [2.75, 3.05) is 19.6 Å². The first-order valence-corrected chi connectivity index (χ1v) is 8.45. The molecule has 1 saturated heterocycles. The summed E-state index contributed by atoms with van der Waals surface area (Å²) in [5.74, 6) is 2.79. The van der Waals surface area contributed by atoms with E-state index in [0.29, 0.717) is 17.5 Å². The molecule has 2 fully saturated rings. The third-order valence-electron chi connectivity index (χ3n) is 5.65. The molecule has 0 radical (unpaired) electrons. The molecule has 1 aliphatic carbocycles. The summed E-state index contributed by atoms with van der Waals surface area (Å²) in [6.45, 7) is 10.6. The van der Waals surface area contributed by atoms with Crippen LogP contribution in [0.1, 0.15) is 39.4 Å². The number of aryl methyl sites for hydroxylation is 1. The van der Waals surface area contributed by atoms with Crippen LogP contribution < -0.4 is 5.32 Å². The van der Waals surface area contributed by atoms with Gasteiger partial charge in [0.15, 0.2) is 0 Å². The molecule has 2 unspecified atom stereocenters. The smallest absolute Gasteiger partial charge is 0.109 e. The van der Waals surface area contributed by atoms with Gasteiger partial charge in [-0.3, -0.25) is 4.90 Å². The Morgan fingerprint density at radius 2 is 2.19 bits per heavy atom. The maximum Gasteiger partial charge on any atom is 0.109 e. The average molecular weight is 290 g/mol. The summed E-state index contributed by atoms with van der Waals surface area (Å²) in [7, 11) is 2.09. The fraction of sp³-hybridized carbons (Fsp3) is 0.824. The van der Waals surface area contributed by atoms with Crippen LogP contribution in [-0.2, 0) is 13.5 Å². The lowest BCUT2D eigenvalue weighted by molar-refractivity contribution is 0.0260. The topological polar surface area (TPSA) is 33.1 Å². The zero-order chi connectivity index (χ0) is 15.0. The van der Waals surface area contributed by atoms with Gasteiger partial charge in [0, 0.05) is 57.1 Å². The summed E-state index contributed by atoms with van der Waals surface area (Å²) < 4.78 is 2.15. The minimum absolute atomic E-state index is 0.344. The monoisotopic (exact) mass is 290 g/mol. The molecule has 21 heavy (non-hydrogen) atoms. The second-order valence-corrected chi connectivity index (χ2v) is 7.51. The van der Waals surface area contributed by atoms with E-state index in [1.807, 2.05) is 12.4 Å². The Bertz CT molecular complexity index is 477. The molecule has 1 aromatic rings. The molecule has 118 valence electrons. The van der Waals surface area contributed by atoms with Crippen molar-refractivity contribution in [3.8, 4) is 0 Å². The highest BCUT2D eigenvalue weighted by molar-refractivity contribution is 5.06. The van der Waals surface area contributed by atoms with Crippen LogP contribution in [0, 0.1) is 11.8 Å². The van der Waals surface area contributed by atoms with E-state index in [0.717, 1.165) is 25.4 Å². The third-order valence-corrected chi connectivity index (χ3v) is 5.65. The number of imidazole rings is 1. The quantitative estimate of drug-likeness (QED) is 0.901. The largest absolute Gasteiger partial charge is 0.338 e. The number of nitrogens with one attached hydrogen (secondary N) is 1. The molecular weight excluding hydrogens is 260 g/mol. The Labute approximate surface area is 128 Å². The van der Waals surface area contributed by atoms with E-state index in [1.165, 1.54) is 25.2 Å². The Morgan fingerprint density at radius 3 is 2.76 bits per heavy atom. The van der Waals surface area contributed by atoms with Crippen molar-refractivity contribution in [1.29, 1.82) is 0 Å². The molecular formula is C17H30N4. The Kier molecular flexibility index (Phi) is 4.10. The van der Waals surface area contributed by atoms with Gasteiger partial charge in [-0.25, -0.2) is 4.98 Å². The Balaban J connectivity index is 1.69. The predicted octanol–water partition coefficient (Wildman–Crippen LogP) is 2.06. The highest BCUT2D eigenvalue weighted by Crippen LogP contribution is 2.44.